The maximum Gasteiger partial charge on any atom is 0.252 e. The smallest absolute Gasteiger partial charge is 0.252 e. The minimum atomic E-state index is -3.39. The Bertz CT molecular complexity index is 598. The summed E-state index contributed by atoms with van der Waals surface area (Å²) in [6.07, 6.45) is 3.88. The van der Waals surface area contributed by atoms with Crippen LogP contribution in [0.4, 0.5) is 0 Å². The van der Waals surface area contributed by atoms with E-state index in [0.29, 0.717) is 30.4 Å². The number of halogens is 1. The predicted molar refractivity (Wildman–Crippen MR) is 94.6 cm³/mol. The minimum absolute atomic E-state index is 0. The SMILES string of the molecule is Cl.NCCCNC(=O)Cc1ccc(S(=O)(=O)N2CCCCC2)s1. The molecule has 1 aliphatic heterocycles. The van der Waals surface area contributed by atoms with Crippen molar-refractivity contribution in [2.45, 2.75) is 36.3 Å². The first kappa shape index (κ1) is 20.4. The molecule has 9 heteroatoms. The van der Waals surface area contributed by atoms with Gasteiger partial charge in [-0.25, -0.2) is 8.42 Å². The number of sulfonamides is 1. The molecule has 6 nitrogen and oxygen atoms in total. The van der Waals surface area contributed by atoms with E-state index in [0.717, 1.165) is 30.6 Å². The molecule has 3 N–H and O–H groups in total. The first-order chi connectivity index (χ1) is 10.5. The van der Waals surface area contributed by atoms with Gasteiger partial charge in [0.05, 0.1) is 6.42 Å². The average molecular weight is 382 g/mol. The van der Waals surface area contributed by atoms with Crippen LogP contribution in [0.3, 0.4) is 0 Å². The molecule has 1 aliphatic rings. The van der Waals surface area contributed by atoms with E-state index in [-0.39, 0.29) is 24.7 Å². The van der Waals surface area contributed by atoms with Gasteiger partial charge in [0, 0.05) is 24.5 Å². The zero-order chi connectivity index (χ0) is 16.0. The highest BCUT2D eigenvalue weighted by Gasteiger charge is 2.27. The van der Waals surface area contributed by atoms with Gasteiger partial charge in [0.1, 0.15) is 4.21 Å². The highest BCUT2D eigenvalue weighted by molar-refractivity contribution is 7.91. The number of piperidine rings is 1. The van der Waals surface area contributed by atoms with Crippen molar-refractivity contribution in [3.8, 4) is 0 Å². The van der Waals surface area contributed by atoms with Crippen molar-refractivity contribution in [3.05, 3.63) is 17.0 Å². The van der Waals surface area contributed by atoms with Crippen LogP contribution in [0.2, 0.25) is 0 Å². The van der Waals surface area contributed by atoms with Crippen LogP contribution in [0.25, 0.3) is 0 Å². The van der Waals surface area contributed by atoms with Crippen LogP contribution in [0.15, 0.2) is 16.3 Å². The van der Waals surface area contributed by atoms with Crippen molar-refractivity contribution in [2.75, 3.05) is 26.2 Å². The first-order valence-electron chi connectivity index (χ1n) is 7.59. The van der Waals surface area contributed by atoms with E-state index in [4.69, 9.17) is 5.73 Å². The second-order valence-electron chi connectivity index (χ2n) is 5.35. The summed E-state index contributed by atoms with van der Waals surface area (Å²) in [5.41, 5.74) is 5.37. The molecular formula is C14H24ClN3O3S2. The van der Waals surface area contributed by atoms with Crippen molar-refractivity contribution < 1.29 is 13.2 Å². The van der Waals surface area contributed by atoms with Gasteiger partial charge in [-0.3, -0.25) is 4.79 Å². The number of nitrogens with zero attached hydrogens (tertiary/aromatic N) is 1. The second-order valence-corrected chi connectivity index (χ2v) is 8.69. The molecule has 0 atom stereocenters. The van der Waals surface area contributed by atoms with Crippen molar-refractivity contribution in [1.29, 1.82) is 0 Å². The summed E-state index contributed by atoms with van der Waals surface area (Å²) in [6.45, 7) is 2.28. The van der Waals surface area contributed by atoms with Crippen LogP contribution in [-0.4, -0.2) is 44.8 Å². The summed E-state index contributed by atoms with van der Waals surface area (Å²) in [6, 6.07) is 3.33. The monoisotopic (exact) mass is 381 g/mol. The van der Waals surface area contributed by atoms with Gasteiger partial charge < -0.3 is 11.1 Å². The lowest BCUT2D eigenvalue weighted by Crippen LogP contribution is -2.35. The van der Waals surface area contributed by atoms with Gasteiger partial charge in [0.25, 0.3) is 10.0 Å². The quantitative estimate of drug-likeness (QED) is 0.697. The lowest BCUT2D eigenvalue weighted by atomic mass is 10.2. The first-order valence-corrected chi connectivity index (χ1v) is 9.85. The van der Waals surface area contributed by atoms with E-state index in [1.54, 1.807) is 16.4 Å². The van der Waals surface area contributed by atoms with E-state index in [9.17, 15) is 13.2 Å². The fraction of sp³-hybridized carbons (Fsp3) is 0.643. The Morgan fingerprint density at radius 2 is 1.96 bits per heavy atom. The zero-order valence-corrected chi connectivity index (χ0v) is 15.4. The molecule has 2 rings (SSSR count). The fourth-order valence-corrected chi connectivity index (χ4v) is 5.40. The molecule has 23 heavy (non-hydrogen) atoms. The molecular weight excluding hydrogens is 358 g/mol. The summed E-state index contributed by atoms with van der Waals surface area (Å²) in [7, 11) is -3.39. The molecule has 1 saturated heterocycles. The highest BCUT2D eigenvalue weighted by Crippen LogP contribution is 2.27. The van der Waals surface area contributed by atoms with E-state index < -0.39 is 10.0 Å². The third-order valence-corrected chi connectivity index (χ3v) is 7.04. The Balaban J connectivity index is 0.00000264. The number of amides is 1. The molecule has 0 spiro atoms. The molecule has 1 aromatic rings. The van der Waals surface area contributed by atoms with Crippen LogP contribution in [-0.2, 0) is 21.2 Å². The predicted octanol–water partition coefficient (Wildman–Crippen LogP) is 1.35. The van der Waals surface area contributed by atoms with Crippen LogP contribution in [0.5, 0.6) is 0 Å². The molecule has 0 aromatic carbocycles. The molecule has 0 saturated carbocycles. The molecule has 0 unspecified atom stereocenters. The zero-order valence-electron chi connectivity index (χ0n) is 13.0. The van der Waals surface area contributed by atoms with Crippen molar-refractivity contribution >= 4 is 39.7 Å². The van der Waals surface area contributed by atoms with Crippen LogP contribution < -0.4 is 11.1 Å². The summed E-state index contributed by atoms with van der Waals surface area (Å²) >= 11 is 1.19. The molecule has 0 bridgehead atoms. The van der Waals surface area contributed by atoms with Gasteiger partial charge in [-0.2, -0.15) is 4.31 Å². The number of hydrogen-bond acceptors (Lipinski definition) is 5. The van der Waals surface area contributed by atoms with E-state index >= 15 is 0 Å². The van der Waals surface area contributed by atoms with Crippen LogP contribution in [0, 0.1) is 0 Å². The van der Waals surface area contributed by atoms with Gasteiger partial charge in [-0.15, -0.1) is 23.7 Å². The molecule has 132 valence electrons. The Morgan fingerprint density at radius 3 is 2.61 bits per heavy atom. The third-order valence-electron chi connectivity index (χ3n) is 3.58. The number of carbonyl (C=O) groups excluding carboxylic acids is 1. The third kappa shape index (κ3) is 5.72. The van der Waals surface area contributed by atoms with Gasteiger partial charge >= 0.3 is 0 Å². The highest BCUT2D eigenvalue weighted by atomic mass is 35.5. The van der Waals surface area contributed by atoms with Crippen molar-refractivity contribution in [1.82, 2.24) is 9.62 Å². The number of rotatable bonds is 7. The molecule has 0 aliphatic carbocycles. The van der Waals surface area contributed by atoms with Crippen molar-refractivity contribution in [3.63, 3.8) is 0 Å². The summed E-state index contributed by atoms with van der Waals surface area (Å²) < 4.78 is 26.9. The number of nitrogens with one attached hydrogen (secondary N) is 1. The molecule has 2 heterocycles. The van der Waals surface area contributed by atoms with E-state index in [1.165, 1.54) is 11.3 Å². The maximum absolute atomic E-state index is 12.5. The summed E-state index contributed by atoms with van der Waals surface area (Å²) in [5, 5.41) is 2.77. The Labute approximate surface area is 147 Å². The average Bonchev–Trinajstić information content (AvgIpc) is 2.97. The normalized spacial score (nSPS) is 15.9. The number of thiophene rings is 1. The lowest BCUT2D eigenvalue weighted by molar-refractivity contribution is -0.120. The molecule has 1 fully saturated rings. The molecule has 1 amide bonds. The van der Waals surface area contributed by atoms with E-state index in [2.05, 4.69) is 5.32 Å². The Morgan fingerprint density at radius 1 is 1.26 bits per heavy atom. The van der Waals surface area contributed by atoms with Gasteiger partial charge in [0.2, 0.25) is 5.91 Å². The largest absolute Gasteiger partial charge is 0.356 e. The number of hydrogen-bond donors (Lipinski definition) is 2. The second kappa shape index (κ2) is 9.58. The van der Waals surface area contributed by atoms with Crippen LogP contribution in [0.1, 0.15) is 30.6 Å². The Hall–Kier alpha value is -0.670. The standard InChI is InChI=1S/C14H23N3O3S2.ClH/c15-7-4-8-16-13(18)11-12-5-6-14(21-12)22(19,20)17-9-2-1-3-10-17;/h5-6H,1-4,7-11,15H2,(H,16,18);1H. The van der Waals surface area contributed by atoms with E-state index in [1.807, 2.05) is 0 Å². The molecule has 1 aromatic heterocycles. The summed E-state index contributed by atoms with van der Waals surface area (Å²) in [4.78, 5) is 12.5. The number of nitrogens with two attached hydrogens (primary N) is 1. The fourth-order valence-electron chi connectivity index (χ4n) is 2.37. The Kier molecular flexibility index (Phi) is 8.49. The van der Waals surface area contributed by atoms with Gasteiger partial charge in [-0.1, -0.05) is 6.42 Å². The minimum Gasteiger partial charge on any atom is -0.356 e. The topological polar surface area (TPSA) is 92.5 Å². The van der Waals surface area contributed by atoms with Crippen molar-refractivity contribution in [2.24, 2.45) is 5.73 Å². The maximum atomic E-state index is 12.5. The van der Waals surface area contributed by atoms with Gasteiger partial charge in [0.15, 0.2) is 0 Å². The lowest BCUT2D eigenvalue weighted by Gasteiger charge is -2.25. The van der Waals surface area contributed by atoms with Crippen LogP contribution >= 0.6 is 23.7 Å². The molecule has 0 radical (unpaired) electrons. The number of carbonyl (C=O) groups is 1. The summed E-state index contributed by atoms with van der Waals surface area (Å²) in [5.74, 6) is -0.0998. The van der Waals surface area contributed by atoms with Gasteiger partial charge in [-0.05, 0) is 37.9 Å².